The van der Waals surface area contributed by atoms with Crippen LogP contribution in [-0.2, 0) is 9.59 Å². The highest BCUT2D eigenvalue weighted by Crippen LogP contribution is 2.28. The molecule has 0 spiro atoms. The average molecular weight is 296 g/mol. The summed E-state index contributed by atoms with van der Waals surface area (Å²) in [5, 5.41) is 29.6. The van der Waals surface area contributed by atoms with Gasteiger partial charge in [0.25, 0.3) is 11.6 Å². The fourth-order valence-electron chi connectivity index (χ4n) is 1.21. The number of nitro benzene ring substituents is 2. The number of amides is 1. The molecule has 0 bridgehead atoms. The van der Waals surface area contributed by atoms with E-state index < -0.39 is 33.1 Å². The van der Waals surface area contributed by atoms with E-state index in [1.807, 2.05) is 5.43 Å². The SMILES string of the molecule is O=C(O)/C=C\C(=O)NNc1ccc([N+](=O)[O-])cc1[N+](=O)[O-]. The van der Waals surface area contributed by atoms with Gasteiger partial charge in [-0.1, -0.05) is 0 Å². The number of benzene rings is 1. The predicted molar refractivity (Wildman–Crippen MR) is 68.3 cm³/mol. The smallest absolute Gasteiger partial charge is 0.328 e. The van der Waals surface area contributed by atoms with E-state index >= 15 is 0 Å². The highest BCUT2D eigenvalue weighted by Gasteiger charge is 2.19. The third kappa shape index (κ3) is 4.59. The van der Waals surface area contributed by atoms with Crippen molar-refractivity contribution in [2.75, 3.05) is 5.43 Å². The molecule has 0 heterocycles. The van der Waals surface area contributed by atoms with Crippen LogP contribution in [0.5, 0.6) is 0 Å². The summed E-state index contributed by atoms with van der Waals surface area (Å²) in [4.78, 5) is 41.0. The third-order valence-corrected chi connectivity index (χ3v) is 2.09. The number of hydrazine groups is 1. The fraction of sp³-hybridized carbons (Fsp3) is 0. The third-order valence-electron chi connectivity index (χ3n) is 2.09. The first-order valence-corrected chi connectivity index (χ1v) is 5.21. The lowest BCUT2D eigenvalue weighted by atomic mass is 10.2. The van der Waals surface area contributed by atoms with Crippen LogP contribution in [0.25, 0.3) is 0 Å². The standard InChI is InChI=1S/C10H8N4O7/c15-9(3-4-10(16)17)12-11-7-2-1-6(13(18)19)5-8(7)14(20)21/h1-5,11H,(H,12,15)(H,16,17)/b4-3-. The van der Waals surface area contributed by atoms with Gasteiger partial charge in [0.1, 0.15) is 5.69 Å². The van der Waals surface area contributed by atoms with E-state index in [1.165, 1.54) is 0 Å². The van der Waals surface area contributed by atoms with Crippen molar-refractivity contribution in [3.63, 3.8) is 0 Å². The van der Waals surface area contributed by atoms with Crippen molar-refractivity contribution in [3.8, 4) is 0 Å². The molecular formula is C10H8N4O7. The van der Waals surface area contributed by atoms with Gasteiger partial charge in [0.15, 0.2) is 0 Å². The van der Waals surface area contributed by atoms with E-state index in [1.54, 1.807) is 0 Å². The first kappa shape index (κ1) is 15.6. The Kier molecular flexibility index (Phi) is 4.89. The minimum absolute atomic E-state index is 0.192. The minimum atomic E-state index is -1.34. The molecular weight excluding hydrogens is 288 g/mol. The molecule has 0 unspecified atom stereocenters. The maximum atomic E-state index is 11.2. The summed E-state index contributed by atoms with van der Waals surface area (Å²) in [6.45, 7) is 0. The van der Waals surface area contributed by atoms with Crippen molar-refractivity contribution in [1.29, 1.82) is 0 Å². The van der Waals surface area contributed by atoms with E-state index in [0.717, 1.165) is 18.2 Å². The molecule has 1 aromatic rings. The fourth-order valence-corrected chi connectivity index (χ4v) is 1.21. The highest BCUT2D eigenvalue weighted by molar-refractivity contribution is 5.94. The maximum absolute atomic E-state index is 11.2. The molecule has 1 rings (SSSR count). The summed E-state index contributed by atoms with van der Waals surface area (Å²) < 4.78 is 0. The molecule has 0 radical (unpaired) electrons. The van der Waals surface area contributed by atoms with Crippen LogP contribution < -0.4 is 10.9 Å². The van der Waals surface area contributed by atoms with Crippen LogP contribution in [0.2, 0.25) is 0 Å². The minimum Gasteiger partial charge on any atom is -0.478 e. The summed E-state index contributed by atoms with van der Waals surface area (Å²) >= 11 is 0. The van der Waals surface area contributed by atoms with E-state index in [4.69, 9.17) is 5.11 Å². The lowest BCUT2D eigenvalue weighted by Gasteiger charge is -2.06. The van der Waals surface area contributed by atoms with Gasteiger partial charge in [0, 0.05) is 18.2 Å². The Morgan fingerprint density at radius 2 is 1.81 bits per heavy atom. The lowest BCUT2D eigenvalue weighted by molar-refractivity contribution is -0.393. The van der Waals surface area contributed by atoms with Crippen LogP contribution in [0.1, 0.15) is 0 Å². The number of rotatable bonds is 6. The van der Waals surface area contributed by atoms with Crippen molar-refractivity contribution >= 4 is 28.9 Å². The van der Waals surface area contributed by atoms with Crippen molar-refractivity contribution < 1.29 is 24.5 Å². The zero-order valence-corrected chi connectivity index (χ0v) is 10.2. The molecule has 0 saturated carbocycles. The number of anilines is 1. The van der Waals surface area contributed by atoms with E-state index in [-0.39, 0.29) is 5.69 Å². The normalized spacial score (nSPS) is 10.1. The number of carbonyl (C=O) groups excluding carboxylic acids is 1. The molecule has 0 saturated heterocycles. The molecule has 21 heavy (non-hydrogen) atoms. The van der Waals surface area contributed by atoms with Gasteiger partial charge in [-0.3, -0.25) is 35.9 Å². The van der Waals surface area contributed by atoms with Crippen LogP contribution in [0, 0.1) is 20.2 Å². The highest BCUT2D eigenvalue weighted by atomic mass is 16.6. The number of hydrogen-bond donors (Lipinski definition) is 3. The largest absolute Gasteiger partial charge is 0.478 e. The Morgan fingerprint density at radius 3 is 2.33 bits per heavy atom. The number of carboxylic acid groups (broad SMARTS) is 1. The van der Waals surface area contributed by atoms with Crippen LogP contribution in [-0.4, -0.2) is 26.8 Å². The van der Waals surface area contributed by atoms with Crippen LogP contribution >= 0.6 is 0 Å². The summed E-state index contributed by atoms with van der Waals surface area (Å²) in [6.07, 6.45) is 1.26. The molecule has 1 amide bonds. The van der Waals surface area contributed by atoms with Gasteiger partial charge in [0.2, 0.25) is 0 Å². The molecule has 3 N–H and O–H groups in total. The quantitative estimate of drug-likeness (QED) is 0.389. The number of non-ortho nitro benzene ring substituents is 1. The monoisotopic (exact) mass is 296 g/mol. The summed E-state index contributed by atoms with van der Waals surface area (Å²) in [5.74, 6) is -2.21. The van der Waals surface area contributed by atoms with Crippen LogP contribution in [0.3, 0.4) is 0 Å². The number of nitrogens with one attached hydrogen (secondary N) is 2. The molecule has 0 fully saturated rings. The second-order valence-electron chi connectivity index (χ2n) is 3.50. The van der Waals surface area contributed by atoms with Gasteiger partial charge in [-0.05, 0) is 6.07 Å². The molecule has 11 nitrogen and oxygen atoms in total. The Morgan fingerprint density at radius 1 is 1.14 bits per heavy atom. The number of carbonyl (C=O) groups is 2. The number of nitrogens with zero attached hydrogens (tertiary/aromatic N) is 2. The van der Waals surface area contributed by atoms with Crippen molar-refractivity contribution in [2.24, 2.45) is 0 Å². The Bertz CT molecular complexity index is 640. The zero-order chi connectivity index (χ0) is 16.0. The lowest BCUT2D eigenvalue weighted by Crippen LogP contribution is -2.28. The first-order chi connectivity index (χ1) is 9.81. The van der Waals surface area contributed by atoms with Crippen LogP contribution in [0.15, 0.2) is 30.4 Å². The first-order valence-electron chi connectivity index (χ1n) is 5.21. The Labute approximate surface area is 116 Å². The van der Waals surface area contributed by atoms with Crippen molar-refractivity contribution in [2.45, 2.75) is 0 Å². The van der Waals surface area contributed by atoms with E-state index in [0.29, 0.717) is 12.2 Å². The number of carboxylic acids is 1. The van der Waals surface area contributed by atoms with Gasteiger partial charge in [-0.15, -0.1) is 0 Å². The summed E-state index contributed by atoms with van der Waals surface area (Å²) in [7, 11) is 0. The molecule has 0 aliphatic carbocycles. The van der Waals surface area contributed by atoms with Crippen LogP contribution in [0.4, 0.5) is 17.1 Å². The number of nitro groups is 2. The number of hydrogen-bond acceptors (Lipinski definition) is 7. The van der Waals surface area contributed by atoms with Gasteiger partial charge in [0.05, 0.1) is 15.9 Å². The second kappa shape index (κ2) is 6.60. The van der Waals surface area contributed by atoms with Crippen molar-refractivity contribution in [3.05, 3.63) is 50.6 Å². The maximum Gasteiger partial charge on any atom is 0.328 e. The van der Waals surface area contributed by atoms with Gasteiger partial charge >= 0.3 is 11.7 Å². The van der Waals surface area contributed by atoms with Gasteiger partial charge < -0.3 is 5.11 Å². The second-order valence-corrected chi connectivity index (χ2v) is 3.50. The predicted octanol–water partition coefficient (Wildman–Crippen LogP) is 0.587. The molecule has 0 atom stereocenters. The average Bonchev–Trinajstić information content (AvgIpc) is 2.42. The van der Waals surface area contributed by atoms with E-state index in [2.05, 4.69) is 5.43 Å². The molecule has 110 valence electrons. The summed E-state index contributed by atoms with van der Waals surface area (Å²) in [5.41, 5.74) is 2.87. The summed E-state index contributed by atoms with van der Waals surface area (Å²) in [6, 6.07) is 2.77. The number of aliphatic carboxylic acids is 1. The topological polar surface area (TPSA) is 165 Å². The molecule has 0 aliphatic heterocycles. The Balaban J connectivity index is 2.88. The molecule has 0 aromatic heterocycles. The molecule has 1 aromatic carbocycles. The molecule has 11 heteroatoms. The van der Waals surface area contributed by atoms with Gasteiger partial charge in [-0.25, -0.2) is 4.79 Å². The Hall–Kier alpha value is -3.50. The van der Waals surface area contributed by atoms with Crippen molar-refractivity contribution in [1.82, 2.24) is 5.43 Å². The van der Waals surface area contributed by atoms with Gasteiger partial charge in [-0.2, -0.15) is 0 Å². The zero-order valence-electron chi connectivity index (χ0n) is 10.2. The molecule has 0 aliphatic rings. The van der Waals surface area contributed by atoms with E-state index in [9.17, 15) is 29.8 Å².